The van der Waals surface area contributed by atoms with Crippen molar-refractivity contribution in [2.75, 3.05) is 6.61 Å². The second kappa shape index (κ2) is 10.9. The van der Waals surface area contributed by atoms with E-state index in [2.05, 4.69) is 36.3 Å². The number of benzene rings is 4. The van der Waals surface area contributed by atoms with Gasteiger partial charge in [0.05, 0.1) is 23.7 Å². The van der Waals surface area contributed by atoms with Crippen LogP contribution >= 0.6 is 0 Å². The SMILES string of the molecule is CCOc1cc(C=Nn2c(-c3ccccc3)nc3ccccc3c2=O)ccc1OCc1ccc(C)cc1. The number of nitrogens with zero attached hydrogens (tertiary/aromatic N) is 3. The van der Waals surface area contributed by atoms with Gasteiger partial charge in [-0.05, 0) is 55.3 Å². The summed E-state index contributed by atoms with van der Waals surface area (Å²) in [5.41, 5.74) is 4.26. The number of hydrogen-bond donors (Lipinski definition) is 0. The van der Waals surface area contributed by atoms with Gasteiger partial charge in [0.2, 0.25) is 0 Å². The average Bonchev–Trinajstić information content (AvgIpc) is 2.93. The number of aromatic nitrogens is 2. The quantitative estimate of drug-likeness (QED) is 0.242. The van der Waals surface area contributed by atoms with Crippen LogP contribution in [0.25, 0.3) is 22.3 Å². The second-order valence-corrected chi connectivity index (χ2v) is 8.59. The van der Waals surface area contributed by atoms with Crippen molar-refractivity contribution in [2.45, 2.75) is 20.5 Å². The van der Waals surface area contributed by atoms with E-state index in [1.165, 1.54) is 10.2 Å². The van der Waals surface area contributed by atoms with Crippen molar-refractivity contribution in [3.05, 3.63) is 124 Å². The molecule has 0 amide bonds. The minimum absolute atomic E-state index is 0.233. The molecule has 6 heteroatoms. The predicted molar refractivity (Wildman–Crippen MR) is 148 cm³/mol. The molecule has 0 saturated heterocycles. The number of hydrogen-bond acceptors (Lipinski definition) is 5. The Kier molecular flexibility index (Phi) is 7.08. The zero-order valence-electron chi connectivity index (χ0n) is 20.8. The van der Waals surface area contributed by atoms with Crippen LogP contribution in [0.4, 0.5) is 0 Å². The molecule has 0 atom stereocenters. The molecule has 1 aromatic heterocycles. The molecule has 0 N–H and O–H groups in total. The molecule has 0 aliphatic heterocycles. The van der Waals surface area contributed by atoms with Crippen molar-refractivity contribution in [3.8, 4) is 22.9 Å². The van der Waals surface area contributed by atoms with E-state index in [4.69, 9.17) is 14.5 Å². The number of fused-ring (bicyclic) bond motifs is 1. The predicted octanol–water partition coefficient (Wildman–Crippen LogP) is 6.23. The Morgan fingerprint density at radius 2 is 1.62 bits per heavy atom. The molecule has 37 heavy (non-hydrogen) atoms. The first kappa shape index (κ1) is 24.0. The minimum Gasteiger partial charge on any atom is -0.490 e. The van der Waals surface area contributed by atoms with Gasteiger partial charge in [-0.2, -0.15) is 9.78 Å². The maximum atomic E-state index is 13.4. The molecule has 184 valence electrons. The maximum Gasteiger partial charge on any atom is 0.282 e. The Morgan fingerprint density at radius 3 is 2.41 bits per heavy atom. The lowest BCUT2D eigenvalue weighted by atomic mass is 10.1. The number of ether oxygens (including phenoxy) is 2. The summed E-state index contributed by atoms with van der Waals surface area (Å²) in [6.07, 6.45) is 1.64. The highest BCUT2D eigenvalue weighted by molar-refractivity contribution is 5.82. The fourth-order valence-corrected chi connectivity index (χ4v) is 3.97. The largest absolute Gasteiger partial charge is 0.490 e. The van der Waals surface area contributed by atoms with Gasteiger partial charge in [-0.15, -0.1) is 0 Å². The van der Waals surface area contributed by atoms with Crippen LogP contribution in [0, 0.1) is 6.92 Å². The summed E-state index contributed by atoms with van der Waals surface area (Å²) in [5, 5.41) is 5.06. The number of aryl methyl sites for hydroxylation is 1. The van der Waals surface area contributed by atoms with Crippen molar-refractivity contribution in [1.82, 2.24) is 9.66 Å². The van der Waals surface area contributed by atoms with Gasteiger partial charge in [0.1, 0.15) is 6.61 Å². The number of para-hydroxylation sites is 1. The van der Waals surface area contributed by atoms with Gasteiger partial charge < -0.3 is 9.47 Å². The molecule has 0 aliphatic carbocycles. The second-order valence-electron chi connectivity index (χ2n) is 8.59. The van der Waals surface area contributed by atoms with Crippen LogP contribution in [0.2, 0.25) is 0 Å². The van der Waals surface area contributed by atoms with Crippen molar-refractivity contribution in [3.63, 3.8) is 0 Å². The summed E-state index contributed by atoms with van der Waals surface area (Å²) in [6.45, 7) is 4.92. The maximum absolute atomic E-state index is 13.4. The van der Waals surface area contributed by atoms with Crippen LogP contribution in [0.15, 0.2) is 107 Å². The molecule has 5 rings (SSSR count). The van der Waals surface area contributed by atoms with E-state index in [1.807, 2.05) is 73.7 Å². The molecule has 0 unspecified atom stereocenters. The lowest BCUT2D eigenvalue weighted by molar-refractivity contribution is 0.269. The van der Waals surface area contributed by atoms with E-state index in [1.54, 1.807) is 12.3 Å². The lowest BCUT2D eigenvalue weighted by Crippen LogP contribution is -2.20. The molecule has 0 radical (unpaired) electrons. The molecule has 0 fully saturated rings. The van der Waals surface area contributed by atoms with Crippen LogP contribution in [0.5, 0.6) is 11.5 Å². The van der Waals surface area contributed by atoms with Crippen LogP contribution < -0.4 is 15.0 Å². The molecular formula is C31H27N3O3. The van der Waals surface area contributed by atoms with E-state index >= 15 is 0 Å². The molecule has 6 nitrogen and oxygen atoms in total. The van der Waals surface area contributed by atoms with E-state index in [0.29, 0.717) is 41.4 Å². The summed E-state index contributed by atoms with van der Waals surface area (Å²) < 4.78 is 13.2. The zero-order valence-corrected chi connectivity index (χ0v) is 20.8. The van der Waals surface area contributed by atoms with Crippen LogP contribution in [-0.4, -0.2) is 22.5 Å². The third-order valence-electron chi connectivity index (χ3n) is 5.89. The molecule has 1 heterocycles. The first-order valence-corrected chi connectivity index (χ1v) is 12.2. The van der Waals surface area contributed by atoms with Gasteiger partial charge >= 0.3 is 0 Å². The van der Waals surface area contributed by atoms with E-state index < -0.39 is 0 Å². The molecular weight excluding hydrogens is 462 g/mol. The summed E-state index contributed by atoms with van der Waals surface area (Å²) in [6, 6.07) is 30.7. The van der Waals surface area contributed by atoms with E-state index in [0.717, 1.165) is 16.7 Å². The van der Waals surface area contributed by atoms with Gasteiger partial charge in [0.15, 0.2) is 17.3 Å². The Labute approximate surface area is 215 Å². The molecule has 5 aromatic rings. The van der Waals surface area contributed by atoms with Gasteiger partial charge in [-0.25, -0.2) is 4.98 Å². The zero-order chi connectivity index (χ0) is 25.6. The topological polar surface area (TPSA) is 65.7 Å². The van der Waals surface area contributed by atoms with Gasteiger partial charge in [-0.1, -0.05) is 72.3 Å². The summed E-state index contributed by atoms with van der Waals surface area (Å²) in [4.78, 5) is 18.1. The lowest BCUT2D eigenvalue weighted by Gasteiger charge is -2.13. The van der Waals surface area contributed by atoms with Crippen LogP contribution in [0.1, 0.15) is 23.6 Å². The number of rotatable bonds is 8. The van der Waals surface area contributed by atoms with Crippen molar-refractivity contribution in [1.29, 1.82) is 0 Å². The van der Waals surface area contributed by atoms with Gasteiger partial charge in [-0.3, -0.25) is 4.79 Å². The van der Waals surface area contributed by atoms with E-state index in [-0.39, 0.29) is 5.56 Å². The fourth-order valence-electron chi connectivity index (χ4n) is 3.97. The van der Waals surface area contributed by atoms with Gasteiger partial charge in [0.25, 0.3) is 5.56 Å². The normalized spacial score (nSPS) is 11.2. The Hall–Kier alpha value is -4.71. The smallest absolute Gasteiger partial charge is 0.282 e. The Balaban J connectivity index is 1.48. The fraction of sp³-hybridized carbons (Fsp3) is 0.129. The van der Waals surface area contributed by atoms with E-state index in [9.17, 15) is 4.79 Å². The highest BCUT2D eigenvalue weighted by Crippen LogP contribution is 2.29. The third kappa shape index (κ3) is 5.43. The van der Waals surface area contributed by atoms with Crippen molar-refractivity contribution >= 4 is 17.1 Å². The molecule has 0 spiro atoms. The average molecular weight is 490 g/mol. The first-order chi connectivity index (χ1) is 18.1. The van der Waals surface area contributed by atoms with Crippen molar-refractivity contribution < 1.29 is 9.47 Å². The minimum atomic E-state index is -0.233. The Bertz CT molecular complexity index is 1610. The molecule has 0 aliphatic rings. The molecule has 0 bridgehead atoms. The van der Waals surface area contributed by atoms with Gasteiger partial charge in [0, 0.05) is 5.56 Å². The molecule has 4 aromatic carbocycles. The summed E-state index contributed by atoms with van der Waals surface area (Å²) >= 11 is 0. The van der Waals surface area contributed by atoms with Crippen molar-refractivity contribution in [2.24, 2.45) is 5.10 Å². The highest BCUT2D eigenvalue weighted by Gasteiger charge is 2.12. The highest BCUT2D eigenvalue weighted by atomic mass is 16.5. The third-order valence-corrected chi connectivity index (χ3v) is 5.89. The first-order valence-electron chi connectivity index (χ1n) is 12.2. The monoisotopic (exact) mass is 489 g/mol. The summed E-state index contributed by atoms with van der Waals surface area (Å²) in [7, 11) is 0. The molecule has 0 saturated carbocycles. The van der Waals surface area contributed by atoms with Crippen LogP contribution in [-0.2, 0) is 6.61 Å². The standard InChI is InChI=1S/C31H27N3O3/c1-3-36-29-19-24(17-18-28(29)37-21-23-15-13-22(2)14-16-23)20-32-34-30(25-9-5-4-6-10-25)33-27-12-8-7-11-26(27)31(34)35/h4-20H,3,21H2,1-2H3. The Morgan fingerprint density at radius 1 is 0.865 bits per heavy atom. The van der Waals surface area contributed by atoms with Crippen LogP contribution in [0.3, 0.4) is 0 Å². The summed E-state index contributed by atoms with van der Waals surface area (Å²) in [5.74, 6) is 1.74.